The zero-order valence-corrected chi connectivity index (χ0v) is 10.5. The Morgan fingerprint density at radius 3 is 2.65 bits per heavy atom. The second-order valence-corrected chi connectivity index (χ2v) is 4.18. The number of ether oxygens (including phenoxy) is 1. The zero-order chi connectivity index (χ0) is 14.1. The fraction of sp³-hybridized carbons (Fsp3) is 0. The topological polar surface area (TPSA) is 56.5 Å². The van der Waals surface area contributed by atoms with Crippen LogP contribution in [0, 0.1) is 0 Å². The molecule has 3 aromatic rings. The Bertz CT molecular complexity index is 890. The smallest absolute Gasteiger partial charge is 0.335 e. The van der Waals surface area contributed by atoms with E-state index in [0.717, 1.165) is 6.08 Å². The number of esters is 1. The van der Waals surface area contributed by atoms with E-state index in [0.29, 0.717) is 16.6 Å². The highest BCUT2D eigenvalue weighted by atomic mass is 16.5. The SMILES string of the molecule is C=CC(=O)Oc1cccc2oc3ccccc3c(=O)c12. The molecule has 0 spiro atoms. The molecule has 0 saturated heterocycles. The van der Waals surface area contributed by atoms with E-state index in [1.54, 1.807) is 42.5 Å². The largest absolute Gasteiger partial charge is 0.456 e. The highest BCUT2D eigenvalue weighted by Crippen LogP contribution is 2.26. The number of hydrogen-bond acceptors (Lipinski definition) is 4. The van der Waals surface area contributed by atoms with Crippen molar-refractivity contribution in [2.75, 3.05) is 0 Å². The molecule has 20 heavy (non-hydrogen) atoms. The molecule has 0 N–H and O–H groups in total. The summed E-state index contributed by atoms with van der Waals surface area (Å²) in [6.07, 6.45) is 1.04. The normalized spacial score (nSPS) is 10.6. The molecule has 0 atom stereocenters. The number of rotatable bonds is 2. The first-order chi connectivity index (χ1) is 9.70. The molecule has 3 rings (SSSR count). The molecule has 1 heterocycles. The van der Waals surface area contributed by atoms with Crippen LogP contribution in [0.1, 0.15) is 0 Å². The van der Waals surface area contributed by atoms with Crippen LogP contribution in [0.25, 0.3) is 21.9 Å². The van der Waals surface area contributed by atoms with Gasteiger partial charge in [0.1, 0.15) is 22.3 Å². The third-order valence-electron chi connectivity index (χ3n) is 2.94. The minimum Gasteiger partial charge on any atom is -0.456 e. The van der Waals surface area contributed by atoms with Gasteiger partial charge in [0.2, 0.25) is 5.43 Å². The maximum absolute atomic E-state index is 12.5. The lowest BCUT2D eigenvalue weighted by Crippen LogP contribution is -2.08. The van der Waals surface area contributed by atoms with Gasteiger partial charge in [-0.05, 0) is 24.3 Å². The first-order valence-corrected chi connectivity index (χ1v) is 5.99. The number of fused-ring (bicyclic) bond motifs is 2. The lowest BCUT2D eigenvalue weighted by atomic mass is 10.1. The number of carbonyl (C=O) groups excluding carboxylic acids is 1. The van der Waals surface area contributed by atoms with Gasteiger partial charge in [-0.3, -0.25) is 4.79 Å². The van der Waals surface area contributed by atoms with Crippen LogP contribution in [0.4, 0.5) is 0 Å². The van der Waals surface area contributed by atoms with Crippen molar-refractivity contribution >= 4 is 27.9 Å². The molecular weight excluding hydrogens is 256 g/mol. The maximum atomic E-state index is 12.5. The number of benzene rings is 2. The Balaban J connectivity index is 2.38. The fourth-order valence-corrected chi connectivity index (χ4v) is 2.05. The van der Waals surface area contributed by atoms with Crippen LogP contribution in [-0.4, -0.2) is 5.97 Å². The van der Waals surface area contributed by atoms with Crippen molar-refractivity contribution in [1.82, 2.24) is 0 Å². The quantitative estimate of drug-likeness (QED) is 0.309. The first kappa shape index (κ1) is 12.2. The summed E-state index contributed by atoms with van der Waals surface area (Å²) < 4.78 is 10.8. The molecule has 0 aliphatic heterocycles. The van der Waals surface area contributed by atoms with Gasteiger partial charge in [0.25, 0.3) is 0 Å². The third-order valence-corrected chi connectivity index (χ3v) is 2.94. The lowest BCUT2D eigenvalue weighted by Gasteiger charge is -2.06. The Morgan fingerprint density at radius 1 is 1.10 bits per heavy atom. The van der Waals surface area contributed by atoms with Gasteiger partial charge in [-0.25, -0.2) is 4.79 Å². The molecule has 0 fully saturated rings. The van der Waals surface area contributed by atoms with Crippen LogP contribution in [-0.2, 0) is 4.79 Å². The van der Waals surface area contributed by atoms with Crippen molar-refractivity contribution in [3.63, 3.8) is 0 Å². The van der Waals surface area contributed by atoms with Crippen molar-refractivity contribution in [2.24, 2.45) is 0 Å². The summed E-state index contributed by atoms with van der Waals surface area (Å²) in [6.45, 7) is 3.33. The van der Waals surface area contributed by atoms with Gasteiger partial charge in [0.05, 0.1) is 5.39 Å². The standard InChI is InChI=1S/C16H10O4/c1-2-14(17)20-13-9-5-8-12-15(13)16(18)10-6-3-4-7-11(10)19-12/h2-9H,1H2. The van der Waals surface area contributed by atoms with Crippen LogP contribution in [0.5, 0.6) is 5.75 Å². The van der Waals surface area contributed by atoms with Gasteiger partial charge in [0.15, 0.2) is 0 Å². The Kier molecular flexibility index (Phi) is 2.84. The summed E-state index contributed by atoms with van der Waals surface area (Å²) in [4.78, 5) is 23.8. The average Bonchev–Trinajstić information content (AvgIpc) is 2.47. The Morgan fingerprint density at radius 2 is 1.85 bits per heavy atom. The van der Waals surface area contributed by atoms with Gasteiger partial charge in [0, 0.05) is 6.08 Å². The van der Waals surface area contributed by atoms with Crippen molar-refractivity contribution in [3.8, 4) is 5.75 Å². The van der Waals surface area contributed by atoms with Gasteiger partial charge < -0.3 is 9.15 Å². The van der Waals surface area contributed by atoms with Crippen LogP contribution in [0.3, 0.4) is 0 Å². The monoisotopic (exact) mass is 266 g/mol. The molecule has 0 radical (unpaired) electrons. The summed E-state index contributed by atoms with van der Waals surface area (Å²) in [5.41, 5.74) is 0.648. The number of hydrogen-bond donors (Lipinski definition) is 0. The highest BCUT2D eigenvalue weighted by molar-refractivity contribution is 5.95. The summed E-state index contributed by atoms with van der Waals surface area (Å²) in [6, 6.07) is 11.8. The van der Waals surface area contributed by atoms with Crippen molar-refractivity contribution in [2.45, 2.75) is 0 Å². The van der Waals surface area contributed by atoms with Gasteiger partial charge in [-0.15, -0.1) is 0 Å². The molecule has 1 aromatic heterocycles. The van der Waals surface area contributed by atoms with Crippen molar-refractivity contribution in [1.29, 1.82) is 0 Å². The third kappa shape index (κ3) is 1.87. The van der Waals surface area contributed by atoms with E-state index in [-0.39, 0.29) is 16.6 Å². The summed E-state index contributed by atoms with van der Waals surface area (Å²) in [5, 5.41) is 0.698. The van der Waals surface area contributed by atoms with Gasteiger partial charge in [-0.2, -0.15) is 0 Å². The van der Waals surface area contributed by atoms with E-state index in [1.807, 2.05) is 0 Å². The molecular formula is C16H10O4. The lowest BCUT2D eigenvalue weighted by molar-refractivity contribution is -0.128. The second-order valence-electron chi connectivity index (χ2n) is 4.18. The first-order valence-electron chi connectivity index (χ1n) is 5.99. The van der Waals surface area contributed by atoms with Crippen LogP contribution < -0.4 is 10.2 Å². The van der Waals surface area contributed by atoms with E-state index in [9.17, 15) is 9.59 Å². The number of para-hydroxylation sites is 1. The van der Waals surface area contributed by atoms with E-state index in [1.165, 1.54) is 0 Å². The molecule has 0 aliphatic carbocycles. The Labute approximate surface area is 113 Å². The van der Waals surface area contributed by atoms with E-state index >= 15 is 0 Å². The average molecular weight is 266 g/mol. The molecule has 0 unspecified atom stereocenters. The zero-order valence-electron chi connectivity index (χ0n) is 10.5. The molecule has 2 aromatic carbocycles. The summed E-state index contributed by atoms with van der Waals surface area (Å²) in [5.74, 6) is -0.447. The molecule has 4 nitrogen and oxygen atoms in total. The fourth-order valence-electron chi connectivity index (χ4n) is 2.05. The van der Waals surface area contributed by atoms with Gasteiger partial charge >= 0.3 is 5.97 Å². The maximum Gasteiger partial charge on any atom is 0.335 e. The van der Waals surface area contributed by atoms with E-state index < -0.39 is 5.97 Å². The van der Waals surface area contributed by atoms with Crippen LogP contribution in [0.2, 0.25) is 0 Å². The van der Waals surface area contributed by atoms with Crippen molar-refractivity contribution in [3.05, 3.63) is 65.3 Å². The van der Waals surface area contributed by atoms with Crippen LogP contribution in [0.15, 0.2) is 64.3 Å². The predicted octanol–water partition coefficient (Wildman–Crippen LogP) is 3.04. The molecule has 0 saturated carbocycles. The van der Waals surface area contributed by atoms with E-state index in [4.69, 9.17) is 9.15 Å². The molecule has 0 aliphatic rings. The highest BCUT2D eigenvalue weighted by Gasteiger charge is 2.13. The van der Waals surface area contributed by atoms with Crippen LogP contribution >= 0.6 is 0 Å². The molecule has 0 amide bonds. The summed E-state index contributed by atoms with van der Waals surface area (Å²) in [7, 11) is 0. The summed E-state index contributed by atoms with van der Waals surface area (Å²) >= 11 is 0. The predicted molar refractivity (Wildman–Crippen MR) is 75.8 cm³/mol. The molecule has 4 heteroatoms. The van der Waals surface area contributed by atoms with Crippen molar-refractivity contribution < 1.29 is 13.9 Å². The molecule has 0 bridgehead atoms. The van der Waals surface area contributed by atoms with E-state index in [2.05, 4.69) is 6.58 Å². The Hall–Kier alpha value is -2.88. The molecule has 98 valence electrons. The number of carbonyl (C=O) groups is 1. The minimum atomic E-state index is -0.620. The minimum absolute atomic E-state index is 0.173. The second kappa shape index (κ2) is 4.66. The van der Waals surface area contributed by atoms with Gasteiger partial charge in [-0.1, -0.05) is 24.8 Å².